The van der Waals surface area contributed by atoms with Gasteiger partial charge in [0.15, 0.2) is 0 Å². The molecule has 0 atom stereocenters. The molecular formula is C10H10ClNO2. The van der Waals surface area contributed by atoms with Crippen molar-refractivity contribution in [2.24, 2.45) is 0 Å². The highest BCUT2D eigenvalue weighted by atomic mass is 35.5. The molecule has 3 nitrogen and oxygen atoms in total. The summed E-state index contributed by atoms with van der Waals surface area (Å²) in [4.78, 5) is 11.2. The Kier molecular flexibility index (Phi) is 2.59. The summed E-state index contributed by atoms with van der Waals surface area (Å²) < 4.78 is 5.01. The van der Waals surface area contributed by atoms with Crippen molar-refractivity contribution in [2.45, 2.75) is 18.9 Å². The summed E-state index contributed by atoms with van der Waals surface area (Å²) in [6.45, 7) is 0. The molecule has 0 aliphatic heterocycles. The molecule has 0 radical (unpaired) electrons. The second-order valence-corrected chi connectivity index (χ2v) is 3.67. The number of rotatable bonds is 2. The zero-order valence-electron chi connectivity index (χ0n) is 7.50. The van der Waals surface area contributed by atoms with Gasteiger partial charge in [-0.15, -0.1) is 0 Å². The Hall–Kier alpha value is -1.22. The first kappa shape index (κ1) is 9.34. The van der Waals surface area contributed by atoms with E-state index in [0.717, 1.165) is 12.8 Å². The van der Waals surface area contributed by atoms with Gasteiger partial charge in [0.1, 0.15) is 6.10 Å². The van der Waals surface area contributed by atoms with E-state index in [9.17, 15) is 4.79 Å². The third kappa shape index (κ3) is 2.64. The third-order valence-electron chi connectivity index (χ3n) is 1.89. The summed E-state index contributed by atoms with van der Waals surface area (Å²) in [5.41, 5.74) is 0.694. The molecule has 74 valence electrons. The van der Waals surface area contributed by atoms with E-state index in [1.165, 1.54) is 0 Å². The molecule has 0 heterocycles. The largest absolute Gasteiger partial charge is 0.446 e. The molecule has 1 fully saturated rings. The van der Waals surface area contributed by atoms with Crippen molar-refractivity contribution < 1.29 is 9.53 Å². The smallest absolute Gasteiger partial charge is 0.411 e. The molecule has 1 aromatic rings. The molecule has 1 N–H and O–H groups in total. The Morgan fingerprint density at radius 2 is 2.00 bits per heavy atom. The number of anilines is 1. The van der Waals surface area contributed by atoms with Crippen molar-refractivity contribution in [3.05, 3.63) is 29.3 Å². The van der Waals surface area contributed by atoms with Gasteiger partial charge in [-0.3, -0.25) is 5.32 Å². The molecule has 0 spiro atoms. The summed E-state index contributed by atoms with van der Waals surface area (Å²) in [6, 6.07) is 6.90. The molecule has 4 heteroatoms. The SMILES string of the molecule is O=C(Nc1ccc(Cl)cc1)OC1CC1. The number of carbonyl (C=O) groups is 1. The van der Waals surface area contributed by atoms with E-state index < -0.39 is 6.09 Å². The standard InChI is InChI=1S/C10H10ClNO2/c11-7-1-3-8(4-2-7)12-10(13)14-9-5-6-9/h1-4,9H,5-6H2,(H,12,13). The van der Waals surface area contributed by atoms with Gasteiger partial charge < -0.3 is 4.74 Å². The average Bonchev–Trinajstić information content (AvgIpc) is 2.93. The molecule has 14 heavy (non-hydrogen) atoms. The van der Waals surface area contributed by atoms with Crippen LogP contribution in [0.15, 0.2) is 24.3 Å². The van der Waals surface area contributed by atoms with Crippen LogP contribution in [0.5, 0.6) is 0 Å². The Balaban J connectivity index is 1.89. The van der Waals surface area contributed by atoms with Crippen LogP contribution < -0.4 is 5.32 Å². The Labute approximate surface area is 87.0 Å². The van der Waals surface area contributed by atoms with Crippen LogP contribution in [0.3, 0.4) is 0 Å². The molecule has 0 bridgehead atoms. The van der Waals surface area contributed by atoms with Crippen molar-refractivity contribution in [1.82, 2.24) is 0 Å². The molecule has 1 aliphatic carbocycles. The van der Waals surface area contributed by atoms with Gasteiger partial charge in [0, 0.05) is 10.7 Å². The third-order valence-corrected chi connectivity index (χ3v) is 2.14. The summed E-state index contributed by atoms with van der Waals surface area (Å²) >= 11 is 5.70. The fourth-order valence-corrected chi connectivity index (χ4v) is 1.14. The van der Waals surface area contributed by atoms with E-state index in [0.29, 0.717) is 10.7 Å². The average molecular weight is 212 g/mol. The molecule has 1 saturated carbocycles. The lowest BCUT2D eigenvalue weighted by molar-refractivity contribution is 0.154. The second kappa shape index (κ2) is 3.88. The van der Waals surface area contributed by atoms with Gasteiger partial charge in [-0.25, -0.2) is 4.79 Å². The predicted octanol–water partition coefficient (Wildman–Crippen LogP) is 3.05. The Morgan fingerprint density at radius 1 is 1.36 bits per heavy atom. The molecule has 0 saturated heterocycles. The maximum absolute atomic E-state index is 11.2. The molecule has 1 aromatic carbocycles. The van der Waals surface area contributed by atoms with Crippen molar-refractivity contribution in [2.75, 3.05) is 5.32 Å². The van der Waals surface area contributed by atoms with Crippen LogP contribution >= 0.6 is 11.6 Å². The molecule has 0 aromatic heterocycles. The maximum atomic E-state index is 11.2. The predicted molar refractivity (Wildman–Crippen MR) is 54.6 cm³/mol. The summed E-state index contributed by atoms with van der Waals surface area (Å²) in [7, 11) is 0. The van der Waals surface area contributed by atoms with Crippen LogP contribution in [0.1, 0.15) is 12.8 Å². The van der Waals surface area contributed by atoms with E-state index in [1.807, 2.05) is 0 Å². The minimum Gasteiger partial charge on any atom is -0.446 e. The number of carbonyl (C=O) groups excluding carboxylic acids is 1. The lowest BCUT2D eigenvalue weighted by Crippen LogP contribution is -2.14. The van der Waals surface area contributed by atoms with E-state index >= 15 is 0 Å². The van der Waals surface area contributed by atoms with Gasteiger partial charge in [-0.1, -0.05) is 11.6 Å². The van der Waals surface area contributed by atoms with E-state index in [4.69, 9.17) is 16.3 Å². The number of nitrogens with one attached hydrogen (secondary N) is 1. The highest BCUT2D eigenvalue weighted by molar-refractivity contribution is 6.30. The maximum Gasteiger partial charge on any atom is 0.411 e. The lowest BCUT2D eigenvalue weighted by atomic mass is 10.3. The van der Waals surface area contributed by atoms with Crippen molar-refractivity contribution in [1.29, 1.82) is 0 Å². The summed E-state index contributed by atoms with van der Waals surface area (Å²) in [5.74, 6) is 0. The van der Waals surface area contributed by atoms with Gasteiger partial charge >= 0.3 is 6.09 Å². The first-order valence-electron chi connectivity index (χ1n) is 4.47. The Morgan fingerprint density at radius 3 is 2.57 bits per heavy atom. The van der Waals surface area contributed by atoms with Gasteiger partial charge in [-0.2, -0.15) is 0 Å². The van der Waals surface area contributed by atoms with Crippen LogP contribution in [0.4, 0.5) is 10.5 Å². The fourth-order valence-electron chi connectivity index (χ4n) is 1.02. The highest BCUT2D eigenvalue weighted by Gasteiger charge is 2.25. The second-order valence-electron chi connectivity index (χ2n) is 3.24. The van der Waals surface area contributed by atoms with Crippen LogP contribution in [-0.2, 0) is 4.74 Å². The Bertz CT molecular complexity index is 332. The van der Waals surface area contributed by atoms with Gasteiger partial charge in [-0.05, 0) is 37.1 Å². The zero-order chi connectivity index (χ0) is 9.97. The van der Waals surface area contributed by atoms with Gasteiger partial charge in [0.05, 0.1) is 0 Å². The molecule has 1 amide bonds. The van der Waals surface area contributed by atoms with E-state index in [2.05, 4.69) is 5.32 Å². The lowest BCUT2D eigenvalue weighted by Gasteiger charge is -2.05. The molecule has 2 rings (SSSR count). The van der Waals surface area contributed by atoms with Gasteiger partial charge in [0.25, 0.3) is 0 Å². The number of halogens is 1. The minimum atomic E-state index is -0.394. The molecular weight excluding hydrogens is 202 g/mol. The molecule has 0 unspecified atom stereocenters. The van der Waals surface area contributed by atoms with E-state index in [-0.39, 0.29) is 6.10 Å². The molecule has 1 aliphatic rings. The number of hydrogen-bond donors (Lipinski definition) is 1. The van der Waals surface area contributed by atoms with Crippen LogP contribution in [0.2, 0.25) is 5.02 Å². The summed E-state index contributed by atoms with van der Waals surface area (Å²) in [6.07, 6.45) is 1.69. The van der Waals surface area contributed by atoms with Crippen LogP contribution in [0, 0.1) is 0 Å². The van der Waals surface area contributed by atoms with Crippen LogP contribution in [0.25, 0.3) is 0 Å². The quantitative estimate of drug-likeness (QED) is 0.817. The topological polar surface area (TPSA) is 38.3 Å². The monoisotopic (exact) mass is 211 g/mol. The van der Waals surface area contributed by atoms with Crippen molar-refractivity contribution in [3.63, 3.8) is 0 Å². The number of benzene rings is 1. The van der Waals surface area contributed by atoms with Crippen molar-refractivity contribution >= 4 is 23.4 Å². The fraction of sp³-hybridized carbons (Fsp3) is 0.300. The number of hydrogen-bond acceptors (Lipinski definition) is 2. The number of amides is 1. The first-order chi connectivity index (χ1) is 6.74. The van der Waals surface area contributed by atoms with Crippen molar-refractivity contribution in [3.8, 4) is 0 Å². The highest BCUT2D eigenvalue weighted by Crippen LogP contribution is 2.24. The van der Waals surface area contributed by atoms with Gasteiger partial charge in [0.2, 0.25) is 0 Å². The minimum absolute atomic E-state index is 0.127. The first-order valence-corrected chi connectivity index (χ1v) is 4.85. The number of ether oxygens (including phenoxy) is 1. The van der Waals surface area contributed by atoms with Crippen LogP contribution in [-0.4, -0.2) is 12.2 Å². The zero-order valence-corrected chi connectivity index (χ0v) is 8.25. The van der Waals surface area contributed by atoms with E-state index in [1.54, 1.807) is 24.3 Å². The normalized spacial score (nSPS) is 14.9. The summed E-state index contributed by atoms with van der Waals surface area (Å²) in [5, 5.41) is 3.27.